The van der Waals surface area contributed by atoms with E-state index in [4.69, 9.17) is 11.3 Å². The van der Waals surface area contributed by atoms with Gasteiger partial charge in [-0.1, -0.05) is 54.6 Å². The molecule has 0 atom stereocenters. The van der Waals surface area contributed by atoms with Crippen LogP contribution in [0, 0.1) is 20.4 Å². The summed E-state index contributed by atoms with van der Waals surface area (Å²) in [5.74, 6) is 0.919. The van der Waals surface area contributed by atoms with Gasteiger partial charge in [0.1, 0.15) is 5.75 Å². The number of thiophene rings is 1. The van der Waals surface area contributed by atoms with Crippen molar-refractivity contribution in [2.45, 2.75) is 26.8 Å². The SMILES string of the molecule is [C-]#[N+]Cc1ccc(-c2ccccc2CC(=O)c2cccc(-c3ccc(C)c(C)c3OC)c2)s1. The fraction of sp³-hybridized carbons (Fsp3) is 0.172. The first kappa shape index (κ1) is 22.5. The third-order valence-electron chi connectivity index (χ3n) is 5.91. The van der Waals surface area contributed by atoms with Crippen LogP contribution in [-0.4, -0.2) is 12.9 Å². The first-order chi connectivity index (χ1) is 16.0. The van der Waals surface area contributed by atoms with Crippen molar-refractivity contribution in [3.63, 3.8) is 0 Å². The van der Waals surface area contributed by atoms with Crippen LogP contribution in [-0.2, 0) is 13.0 Å². The van der Waals surface area contributed by atoms with Crippen LogP contribution in [0.1, 0.15) is 31.9 Å². The number of carbonyl (C=O) groups is 1. The Balaban J connectivity index is 1.64. The van der Waals surface area contributed by atoms with Crippen molar-refractivity contribution < 1.29 is 9.53 Å². The minimum Gasteiger partial charge on any atom is -0.496 e. The van der Waals surface area contributed by atoms with Crippen molar-refractivity contribution in [2.75, 3.05) is 7.11 Å². The van der Waals surface area contributed by atoms with Crippen LogP contribution in [0.3, 0.4) is 0 Å². The molecule has 1 heterocycles. The molecule has 0 N–H and O–H groups in total. The summed E-state index contributed by atoms with van der Waals surface area (Å²) in [5, 5.41) is 0. The number of benzene rings is 3. The van der Waals surface area contributed by atoms with Gasteiger partial charge in [-0.2, -0.15) is 0 Å². The van der Waals surface area contributed by atoms with Gasteiger partial charge < -0.3 is 9.58 Å². The van der Waals surface area contributed by atoms with Crippen LogP contribution in [0.15, 0.2) is 72.8 Å². The molecule has 4 heteroatoms. The van der Waals surface area contributed by atoms with Crippen LogP contribution in [0.5, 0.6) is 5.75 Å². The summed E-state index contributed by atoms with van der Waals surface area (Å²) in [7, 11) is 1.69. The molecule has 4 aromatic rings. The molecule has 0 radical (unpaired) electrons. The highest BCUT2D eigenvalue weighted by Crippen LogP contribution is 2.35. The van der Waals surface area contributed by atoms with Crippen LogP contribution in [0.4, 0.5) is 0 Å². The Bertz CT molecular complexity index is 1360. The summed E-state index contributed by atoms with van der Waals surface area (Å²) in [6.07, 6.45) is 0.319. The zero-order valence-electron chi connectivity index (χ0n) is 19.0. The van der Waals surface area contributed by atoms with Gasteiger partial charge >= 0.3 is 0 Å². The van der Waals surface area contributed by atoms with Gasteiger partial charge in [0, 0.05) is 22.4 Å². The zero-order chi connectivity index (χ0) is 23.4. The van der Waals surface area contributed by atoms with E-state index in [1.54, 1.807) is 18.4 Å². The van der Waals surface area contributed by atoms with Crippen molar-refractivity contribution in [2.24, 2.45) is 0 Å². The van der Waals surface area contributed by atoms with Gasteiger partial charge in [-0.05, 0) is 59.9 Å². The fourth-order valence-corrected chi connectivity index (χ4v) is 5.01. The number of ether oxygens (including phenoxy) is 1. The molecular weight excluding hydrogens is 426 g/mol. The highest BCUT2D eigenvalue weighted by atomic mass is 32.1. The number of Topliss-reactive ketones (excluding diaryl/α,β-unsaturated/α-hetero) is 1. The van der Waals surface area contributed by atoms with E-state index in [0.717, 1.165) is 43.3 Å². The lowest BCUT2D eigenvalue weighted by Crippen LogP contribution is -2.05. The molecule has 3 aromatic carbocycles. The van der Waals surface area contributed by atoms with E-state index in [-0.39, 0.29) is 5.78 Å². The maximum Gasteiger partial charge on any atom is 0.248 e. The third-order valence-corrected chi connectivity index (χ3v) is 7.01. The molecule has 0 spiro atoms. The molecule has 0 bridgehead atoms. The number of hydrogen-bond acceptors (Lipinski definition) is 3. The van der Waals surface area contributed by atoms with Gasteiger partial charge in [-0.3, -0.25) is 4.79 Å². The Hall–Kier alpha value is -3.68. The molecule has 0 saturated carbocycles. The van der Waals surface area contributed by atoms with E-state index in [2.05, 4.69) is 30.8 Å². The van der Waals surface area contributed by atoms with Crippen molar-refractivity contribution in [3.8, 4) is 27.3 Å². The Morgan fingerprint density at radius 3 is 2.58 bits per heavy atom. The average molecular weight is 452 g/mol. The topological polar surface area (TPSA) is 30.7 Å². The second-order valence-corrected chi connectivity index (χ2v) is 9.18. The molecule has 33 heavy (non-hydrogen) atoms. The number of hydrogen-bond donors (Lipinski definition) is 0. The Kier molecular flexibility index (Phi) is 6.72. The lowest BCUT2D eigenvalue weighted by molar-refractivity contribution is 0.0993. The quantitative estimate of drug-likeness (QED) is 0.214. The van der Waals surface area contributed by atoms with E-state index in [0.29, 0.717) is 18.5 Å². The first-order valence-electron chi connectivity index (χ1n) is 10.8. The molecule has 164 valence electrons. The van der Waals surface area contributed by atoms with Crippen LogP contribution >= 0.6 is 11.3 Å². The van der Waals surface area contributed by atoms with E-state index < -0.39 is 0 Å². The summed E-state index contributed by atoms with van der Waals surface area (Å²) < 4.78 is 5.69. The predicted molar refractivity (Wildman–Crippen MR) is 136 cm³/mol. The van der Waals surface area contributed by atoms with Gasteiger partial charge in [-0.15, -0.1) is 11.3 Å². The minimum atomic E-state index is 0.0741. The molecule has 0 saturated heterocycles. The van der Waals surface area contributed by atoms with Crippen LogP contribution in [0.25, 0.3) is 26.4 Å². The predicted octanol–water partition coefficient (Wildman–Crippen LogP) is 7.55. The highest BCUT2D eigenvalue weighted by molar-refractivity contribution is 7.15. The smallest absolute Gasteiger partial charge is 0.248 e. The van der Waals surface area contributed by atoms with Gasteiger partial charge in [0.05, 0.1) is 12.0 Å². The standard InChI is InChI=1S/C29H25NO2S/c1-19-12-14-26(29(32-4)20(19)2)21-9-7-10-23(16-21)27(31)17-22-8-5-6-11-25(22)28-15-13-24(33-28)18-30-3/h5-16H,17-18H2,1-2,4H3. The lowest BCUT2D eigenvalue weighted by atomic mass is 9.94. The molecule has 4 rings (SSSR count). The monoisotopic (exact) mass is 451 g/mol. The minimum absolute atomic E-state index is 0.0741. The molecule has 0 amide bonds. The van der Waals surface area contributed by atoms with E-state index in [9.17, 15) is 4.79 Å². The number of carbonyl (C=O) groups excluding carboxylic acids is 1. The van der Waals surface area contributed by atoms with Crippen molar-refractivity contribution in [3.05, 3.63) is 111 Å². The maximum absolute atomic E-state index is 13.3. The summed E-state index contributed by atoms with van der Waals surface area (Å²) in [4.78, 5) is 18.9. The van der Waals surface area contributed by atoms with Crippen LogP contribution < -0.4 is 4.74 Å². The molecule has 0 unspecified atom stereocenters. The van der Waals surface area contributed by atoms with Crippen LogP contribution in [0.2, 0.25) is 0 Å². The number of rotatable bonds is 7. The molecule has 0 fully saturated rings. The van der Waals surface area contributed by atoms with E-state index in [1.165, 1.54) is 5.56 Å². The Morgan fingerprint density at radius 2 is 1.79 bits per heavy atom. The van der Waals surface area contributed by atoms with Gasteiger partial charge in [0.25, 0.3) is 0 Å². The zero-order valence-corrected chi connectivity index (χ0v) is 19.8. The number of ketones is 1. The number of nitrogens with zero attached hydrogens (tertiary/aromatic N) is 1. The molecule has 0 aliphatic carbocycles. The maximum atomic E-state index is 13.3. The first-order valence-corrected chi connectivity index (χ1v) is 11.6. The van der Waals surface area contributed by atoms with Gasteiger partial charge in [0.15, 0.2) is 5.78 Å². The summed E-state index contributed by atoms with van der Waals surface area (Å²) in [6, 6.07) is 24.0. The third kappa shape index (κ3) is 4.74. The van der Waals surface area contributed by atoms with E-state index >= 15 is 0 Å². The summed E-state index contributed by atoms with van der Waals surface area (Å²) >= 11 is 1.61. The summed E-state index contributed by atoms with van der Waals surface area (Å²) in [6.45, 7) is 11.6. The lowest BCUT2D eigenvalue weighted by Gasteiger charge is -2.14. The molecule has 0 aliphatic rings. The second-order valence-electron chi connectivity index (χ2n) is 8.01. The number of methoxy groups -OCH3 is 1. The average Bonchev–Trinajstić information content (AvgIpc) is 3.30. The molecule has 1 aromatic heterocycles. The van der Waals surface area contributed by atoms with Gasteiger partial charge in [0.2, 0.25) is 6.54 Å². The Morgan fingerprint density at radius 1 is 0.970 bits per heavy atom. The van der Waals surface area contributed by atoms with Gasteiger partial charge in [-0.25, -0.2) is 6.57 Å². The van der Waals surface area contributed by atoms with Crippen molar-refractivity contribution >= 4 is 17.1 Å². The summed E-state index contributed by atoms with van der Waals surface area (Å²) in [5.41, 5.74) is 6.97. The van der Waals surface area contributed by atoms with Crippen molar-refractivity contribution in [1.29, 1.82) is 0 Å². The highest BCUT2D eigenvalue weighted by Gasteiger charge is 2.16. The number of aryl methyl sites for hydroxylation is 1. The second kappa shape index (κ2) is 9.85. The normalized spacial score (nSPS) is 10.6. The van der Waals surface area contributed by atoms with Crippen molar-refractivity contribution in [1.82, 2.24) is 0 Å². The molecular formula is C29H25NO2S. The molecule has 3 nitrogen and oxygen atoms in total. The van der Waals surface area contributed by atoms with E-state index in [1.807, 2.05) is 60.7 Å². The fourth-order valence-electron chi connectivity index (χ4n) is 4.02. The Labute approximate surface area is 199 Å². The largest absolute Gasteiger partial charge is 0.496 e. The molecule has 0 aliphatic heterocycles.